The third-order valence-corrected chi connectivity index (χ3v) is 5.52. The van der Waals surface area contributed by atoms with E-state index in [0.717, 1.165) is 29.6 Å². The standard InChI is InChI=1S/C19H27NO2/c1-14-5-3-4-6-18(14)22-10-9-20(2)19(21)13-17-12-15-7-8-16(17)11-15/h3-6,15-17H,7-13H2,1-2H3. The summed E-state index contributed by atoms with van der Waals surface area (Å²) in [5, 5.41) is 0. The second kappa shape index (κ2) is 6.72. The van der Waals surface area contributed by atoms with Crippen LogP contribution >= 0.6 is 0 Å². The molecule has 3 unspecified atom stereocenters. The third kappa shape index (κ3) is 3.45. The van der Waals surface area contributed by atoms with Crippen molar-refractivity contribution in [1.29, 1.82) is 0 Å². The Morgan fingerprint density at radius 3 is 2.77 bits per heavy atom. The van der Waals surface area contributed by atoms with Crippen LogP contribution in [-0.2, 0) is 4.79 Å². The van der Waals surface area contributed by atoms with E-state index in [1.54, 1.807) is 0 Å². The van der Waals surface area contributed by atoms with Crippen LogP contribution in [-0.4, -0.2) is 31.0 Å². The third-order valence-electron chi connectivity index (χ3n) is 5.52. The van der Waals surface area contributed by atoms with Gasteiger partial charge in [0.1, 0.15) is 12.4 Å². The van der Waals surface area contributed by atoms with E-state index >= 15 is 0 Å². The first-order chi connectivity index (χ1) is 10.6. The van der Waals surface area contributed by atoms with Crippen LogP contribution in [0, 0.1) is 24.7 Å². The fourth-order valence-corrected chi connectivity index (χ4v) is 4.14. The Hall–Kier alpha value is -1.51. The summed E-state index contributed by atoms with van der Waals surface area (Å²) in [6.07, 6.45) is 6.14. The van der Waals surface area contributed by atoms with Gasteiger partial charge in [-0.15, -0.1) is 0 Å². The maximum Gasteiger partial charge on any atom is 0.222 e. The number of benzene rings is 1. The van der Waals surface area contributed by atoms with Crippen molar-refractivity contribution < 1.29 is 9.53 Å². The van der Waals surface area contributed by atoms with Crippen molar-refractivity contribution in [3.8, 4) is 5.75 Å². The van der Waals surface area contributed by atoms with Gasteiger partial charge < -0.3 is 9.64 Å². The van der Waals surface area contributed by atoms with Crippen LogP contribution in [0.5, 0.6) is 5.75 Å². The van der Waals surface area contributed by atoms with Crippen LogP contribution in [0.25, 0.3) is 0 Å². The molecule has 2 bridgehead atoms. The predicted molar refractivity (Wildman–Crippen MR) is 87.9 cm³/mol. The number of amides is 1. The lowest BCUT2D eigenvalue weighted by molar-refractivity contribution is -0.131. The average molecular weight is 301 g/mol. The van der Waals surface area contributed by atoms with Gasteiger partial charge in [0.25, 0.3) is 0 Å². The van der Waals surface area contributed by atoms with Gasteiger partial charge in [0.15, 0.2) is 0 Å². The molecule has 0 radical (unpaired) electrons. The summed E-state index contributed by atoms with van der Waals surface area (Å²) in [7, 11) is 1.90. The largest absolute Gasteiger partial charge is 0.491 e. The molecule has 0 N–H and O–H groups in total. The number of carbonyl (C=O) groups is 1. The van der Waals surface area contributed by atoms with Gasteiger partial charge in [-0.3, -0.25) is 4.79 Å². The number of aryl methyl sites for hydroxylation is 1. The molecule has 0 spiro atoms. The van der Waals surface area contributed by atoms with Crippen LogP contribution in [0.2, 0.25) is 0 Å². The van der Waals surface area contributed by atoms with E-state index in [9.17, 15) is 4.79 Å². The highest BCUT2D eigenvalue weighted by Crippen LogP contribution is 2.49. The number of rotatable bonds is 6. The number of fused-ring (bicyclic) bond motifs is 2. The molecule has 3 nitrogen and oxygen atoms in total. The summed E-state index contributed by atoms with van der Waals surface area (Å²) in [6, 6.07) is 8.01. The molecule has 1 amide bonds. The Balaban J connectivity index is 1.41. The molecule has 1 aromatic rings. The molecule has 2 aliphatic carbocycles. The van der Waals surface area contributed by atoms with Crippen molar-refractivity contribution in [3.63, 3.8) is 0 Å². The molecule has 1 aromatic carbocycles. The van der Waals surface area contributed by atoms with Gasteiger partial charge in [-0.1, -0.05) is 24.6 Å². The number of carbonyl (C=O) groups excluding carboxylic acids is 1. The molecular formula is C19H27NO2. The fourth-order valence-electron chi connectivity index (χ4n) is 4.14. The molecule has 2 saturated carbocycles. The maximum absolute atomic E-state index is 12.4. The first-order valence-corrected chi connectivity index (χ1v) is 8.56. The Bertz CT molecular complexity index is 528. The highest BCUT2D eigenvalue weighted by Gasteiger charge is 2.40. The second-order valence-electron chi connectivity index (χ2n) is 7.07. The van der Waals surface area contributed by atoms with Gasteiger partial charge in [0.2, 0.25) is 5.91 Å². The molecule has 2 fully saturated rings. The lowest BCUT2D eigenvalue weighted by atomic mass is 9.86. The summed E-state index contributed by atoms with van der Waals surface area (Å²) >= 11 is 0. The van der Waals surface area contributed by atoms with Gasteiger partial charge in [0, 0.05) is 13.5 Å². The lowest BCUT2D eigenvalue weighted by Gasteiger charge is -2.24. The van der Waals surface area contributed by atoms with Crippen molar-refractivity contribution >= 4 is 5.91 Å². The van der Waals surface area contributed by atoms with Gasteiger partial charge in [-0.2, -0.15) is 0 Å². The summed E-state index contributed by atoms with van der Waals surface area (Å²) in [4.78, 5) is 14.2. The van der Waals surface area contributed by atoms with Gasteiger partial charge in [-0.05, 0) is 55.6 Å². The van der Waals surface area contributed by atoms with Crippen LogP contribution in [0.1, 0.15) is 37.7 Å². The van der Waals surface area contributed by atoms with Crippen molar-refractivity contribution in [1.82, 2.24) is 4.90 Å². The highest BCUT2D eigenvalue weighted by atomic mass is 16.5. The van der Waals surface area contributed by atoms with E-state index in [-0.39, 0.29) is 5.91 Å². The van der Waals surface area contributed by atoms with Gasteiger partial charge in [0.05, 0.1) is 6.54 Å². The molecule has 22 heavy (non-hydrogen) atoms. The first kappa shape index (κ1) is 15.4. The smallest absolute Gasteiger partial charge is 0.222 e. The van der Waals surface area contributed by atoms with E-state index in [0.29, 0.717) is 19.1 Å². The number of hydrogen-bond acceptors (Lipinski definition) is 2. The van der Waals surface area contributed by atoms with E-state index in [1.807, 2.05) is 43.1 Å². The van der Waals surface area contributed by atoms with Gasteiger partial charge >= 0.3 is 0 Å². The maximum atomic E-state index is 12.4. The first-order valence-electron chi connectivity index (χ1n) is 8.56. The summed E-state index contributed by atoms with van der Waals surface area (Å²) in [5.41, 5.74) is 1.14. The molecular weight excluding hydrogens is 274 g/mol. The monoisotopic (exact) mass is 301 g/mol. The molecule has 0 saturated heterocycles. The molecule has 3 atom stereocenters. The highest BCUT2D eigenvalue weighted by molar-refractivity contribution is 5.76. The zero-order chi connectivity index (χ0) is 15.5. The molecule has 3 heteroatoms. The quantitative estimate of drug-likeness (QED) is 0.802. The zero-order valence-electron chi connectivity index (χ0n) is 13.8. The topological polar surface area (TPSA) is 29.5 Å². The van der Waals surface area contributed by atoms with Crippen LogP contribution in [0.4, 0.5) is 0 Å². The number of likely N-dealkylation sites (N-methyl/N-ethyl adjacent to an activating group) is 1. The summed E-state index contributed by atoms with van der Waals surface area (Å²) in [6.45, 7) is 3.26. The summed E-state index contributed by atoms with van der Waals surface area (Å²) in [5.74, 6) is 3.58. The van der Waals surface area contributed by atoms with E-state index in [4.69, 9.17) is 4.74 Å². The minimum Gasteiger partial charge on any atom is -0.491 e. The predicted octanol–water partition coefficient (Wildman–Crippen LogP) is 3.66. The molecule has 2 aliphatic rings. The van der Waals surface area contributed by atoms with Crippen molar-refractivity contribution in [2.75, 3.05) is 20.2 Å². The van der Waals surface area contributed by atoms with Crippen LogP contribution in [0.3, 0.4) is 0 Å². The molecule has 0 heterocycles. The Morgan fingerprint density at radius 1 is 1.27 bits per heavy atom. The van der Waals surface area contributed by atoms with Crippen molar-refractivity contribution in [2.45, 2.75) is 39.0 Å². The molecule has 0 aliphatic heterocycles. The Kier molecular flexibility index (Phi) is 4.70. The number of nitrogens with zero attached hydrogens (tertiary/aromatic N) is 1. The van der Waals surface area contributed by atoms with Crippen LogP contribution in [0.15, 0.2) is 24.3 Å². The van der Waals surface area contributed by atoms with Gasteiger partial charge in [-0.25, -0.2) is 0 Å². The Morgan fingerprint density at radius 2 is 2.09 bits per heavy atom. The number of ether oxygens (including phenoxy) is 1. The molecule has 120 valence electrons. The second-order valence-corrected chi connectivity index (χ2v) is 7.07. The van der Waals surface area contributed by atoms with Crippen molar-refractivity contribution in [3.05, 3.63) is 29.8 Å². The Labute approximate surface area is 133 Å². The van der Waals surface area contributed by atoms with Crippen molar-refractivity contribution in [2.24, 2.45) is 17.8 Å². The lowest BCUT2D eigenvalue weighted by Crippen LogP contribution is -2.33. The fraction of sp³-hybridized carbons (Fsp3) is 0.632. The van der Waals surface area contributed by atoms with E-state index < -0.39 is 0 Å². The normalized spacial score (nSPS) is 26.2. The number of hydrogen-bond donors (Lipinski definition) is 0. The van der Waals surface area contributed by atoms with E-state index in [2.05, 4.69) is 0 Å². The minimum absolute atomic E-state index is 0.283. The minimum atomic E-state index is 0.283. The van der Waals surface area contributed by atoms with E-state index in [1.165, 1.54) is 25.7 Å². The number of para-hydroxylation sites is 1. The zero-order valence-corrected chi connectivity index (χ0v) is 13.8. The molecule has 3 rings (SSSR count). The average Bonchev–Trinajstić information content (AvgIpc) is 3.11. The SMILES string of the molecule is Cc1ccccc1OCCN(C)C(=O)CC1CC2CCC1C2. The summed E-state index contributed by atoms with van der Waals surface area (Å²) < 4.78 is 5.78. The van der Waals surface area contributed by atoms with Crippen LogP contribution < -0.4 is 4.74 Å². The molecule has 0 aromatic heterocycles.